The molecule has 174 valence electrons. The highest BCUT2D eigenvalue weighted by molar-refractivity contribution is 7.85. The number of hydrogen-bond donors (Lipinski definition) is 2. The van der Waals surface area contributed by atoms with Gasteiger partial charge in [0.25, 0.3) is 16.0 Å². The van der Waals surface area contributed by atoms with Crippen molar-refractivity contribution in [2.24, 2.45) is 5.92 Å². The summed E-state index contributed by atoms with van der Waals surface area (Å²) in [7, 11) is -3.67. The number of hydrogen-bond acceptors (Lipinski definition) is 5. The number of carbonyl (C=O) groups excluding carboxylic acids is 2. The number of likely N-dealkylation sites (tertiary alicyclic amines) is 1. The number of carbonyl (C=O) groups is 2. The number of nitrogens with one attached hydrogen (secondary N) is 1. The molecule has 10 heteroatoms. The standard InChI is InChI=1S/C21H22ClFN2O2.CH4O3S/c22-18-5-1-15(2-6-18)20(26)16-9-12-25(13-10-16)14-11-24-21(27)17-3-7-19(23)8-4-17;1-5(2,3)4/h1-8,16H,9-14H2,(H,24,27);1H3,(H,2,3,4). The molecule has 32 heavy (non-hydrogen) atoms. The van der Waals surface area contributed by atoms with Gasteiger partial charge < -0.3 is 10.2 Å². The van der Waals surface area contributed by atoms with E-state index in [1.165, 1.54) is 24.3 Å². The van der Waals surface area contributed by atoms with E-state index in [-0.39, 0.29) is 23.4 Å². The first-order valence-corrected chi connectivity index (χ1v) is 12.2. The highest BCUT2D eigenvalue weighted by atomic mass is 35.5. The van der Waals surface area contributed by atoms with Gasteiger partial charge in [-0.1, -0.05) is 11.6 Å². The highest BCUT2D eigenvalue weighted by Gasteiger charge is 2.25. The predicted octanol–water partition coefficient (Wildman–Crippen LogP) is 3.31. The monoisotopic (exact) mass is 484 g/mol. The number of nitrogens with zero attached hydrogens (tertiary/aromatic N) is 1. The predicted molar refractivity (Wildman–Crippen MR) is 121 cm³/mol. The minimum absolute atomic E-state index is 0.0382. The zero-order chi connectivity index (χ0) is 23.7. The smallest absolute Gasteiger partial charge is 0.261 e. The Kier molecular flexibility index (Phi) is 9.77. The van der Waals surface area contributed by atoms with Crippen LogP contribution in [0.3, 0.4) is 0 Å². The normalized spacial score (nSPS) is 14.9. The molecule has 2 N–H and O–H groups in total. The molecule has 0 spiro atoms. The Morgan fingerprint density at radius 1 is 1.06 bits per heavy atom. The summed E-state index contributed by atoms with van der Waals surface area (Å²) in [4.78, 5) is 26.8. The van der Waals surface area contributed by atoms with Crippen molar-refractivity contribution >= 4 is 33.4 Å². The lowest BCUT2D eigenvalue weighted by atomic mass is 9.89. The van der Waals surface area contributed by atoms with Gasteiger partial charge in [0.05, 0.1) is 6.26 Å². The summed E-state index contributed by atoms with van der Waals surface area (Å²) < 4.78 is 38.8. The number of ketones is 1. The summed E-state index contributed by atoms with van der Waals surface area (Å²) in [6.45, 7) is 2.91. The van der Waals surface area contributed by atoms with Crippen LogP contribution in [0.25, 0.3) is 0 Å². The van der Waals surface area contributed by atoms with Gasteiger partial charge in [0.15, 0.2) is 5.78 Å². The van der Waals surface area contributed by atoms with E-state index in [4.69, 9.17) is 16.2 Å². The Morgan fingerprint density at radius 3 is 2.09 bits per heavy atom. The molecule has 1 aliphatic heterocycles. The van der Waals surface area contributed by atoms with Crippen molar-refractivity contribution in [3.8, 4) is 0 Å². The SMILES string of the molecule is CS(=O)(=O)O.O=C(NCCN1CCC(C(=O)c2ccc(Cl)cc2)CC1)c1ccc(F)cc1. The van der Waals surface area contributed by atoms with Crippen molar-refractivity contribution in [1.29, 1.82) is 0 Å². The first kappa shape index (κ1) is 25.9. The van der Waals surface area contributed by atoms with Crippen molar-refractivity contribution in [2.75, 3.05) is 32.4 Å². The molecule has 3 rings (SSSR count). The summed E-state index contributed by atoms with van der Waals surface area (Å²) >= 11 is 5.87. The molecular formula is C22H26ClFN2O5S. The lowest BCUT2D eigenvalue weighted by Gasteiger charge is -2.31. The van der Waals surface area contributed by atoms with Crippen molar-refractivity contribution in [3.05, 3.63) is 70.5 Å². The summed E-state index contributed by atoms with van der Waals surface area (Å²) in [6, 6.07) is 12.5. The number of amides is 1. The van der Waals surface area contributed by atoms with Gasteiger partial charge in [0.1, 0.15) is 5.82 Å². The van der Waals surface area contributed by atoms with Crippen LogP contribution in [0.4, 0.5) is 4.39 Å². The zero-order valence-electron chi connectivity index (χ0n) is 17.6. The molecule has 1 aliphatic rings. The third-order valence-corrected chi connectivity index (χ3v) is 5.16. The topological polar surface area (TPSA) is 104 Å². The molecule has 1 saturated heterocycles. The van der Waals surface area contributed by atoms with E-state index >= 15 is 0 Å². The number of Topliss-reactive ketones (excluding diaryl/α,β-unsaturated/α-hetero) is 1. The molecule has 7 nitrogen and oxygen atoms in total. The molecule has 0 atom stereocenters. The summed E-state index contributed by atoms with van der Waals surface area (Å²) in [5, 5.41) is 3.48. The highest BCUT2D eigenvalue weighted by Crippen LogP contribution is 2.22. The van der Waals surface area contributed by atoms with E-state index in [0.29, 0.717) is 29.0 Å². The molecule has 0 saturated carbocycles. The molecule has 1 heterocycles. The van der Waals surface area contributed by atoms with E-state index in [0.717, 1.165) is 32.5 Å². The molecule has 0 unspecified atom stereocenters. The van der Waals surface area contributed by atoms with Crippen LogP contribution >= 0.6 is 11.6 Å². The maximum absolute atomic E-state index is 12.9. The molecule has 0 radical (unpaired) electrons. The van der Waals surface area contributed by atoms with Crippen LogP contribution in [-0.4, -0.2) is 62.0 Å². The molecule has 1 amide bonds. The van der Waals surface area contributed by atoms with Crippen LogP contribution in [0.15, 0.2) is 48.5 Å². The van der Waals surface area contributed by atoms with E-state index in [1.807, 2.05) is 0 Å². The fourth-order valence-corrected chi connectivity index (χ4v) is 3.43. The van der Waals surface area contributed by atoms with Crippen LogP contribution in [0.5, 0.6) is 0 Å². The second kappa shape index (κ2) is 12.1. The van der Waals surface area contributed by atoms with Crippen molar-refractivity contribution in [3.63, 3.8) is 0 Å². The van der Waals surface area contributed by atoms with Crippen molar-refractivity contribution in [1.82, 2.24) is 10.2 Å². The van der Waals surface area contributed by atoms with E-state index in [1.54, 1.807) is 24.3 Å². The maximum atomic E-state index is 12.9. The van der Waals surface area contributed by atoms with Gasteiger partial charge >= 0.3 is 0 Å². The molecule has 2 aromatic rings. The minimum atomic E-state index is -3.67. The third kappa shape index (κ3) is 9.44. The number of benzene rings is 2. The lowest BCUT2D eigenvalue weighted by Crippen LogP contribution is -2.41. The largest absolute Gasteiger partial charge is 0.351 e. The molecule has 0 aliphatic carbocycles. The average molecular weight is 485 g/mol. The molecule has 1 fully saturated rings. The average Bonchev–Trinajstić information content (AvgIpc) is 2.73. The van der Waals surface area contributed by atoms with E-state index < -0.39 is 10.1 Å². The fourth-order valence-electron chi connectivity index (χ4n) is 3.30. The minimum Gasteiger partial charge on any atom is -0.351 e. The summed E-state index contributed by atoms with van der Waals surface area (Å²) in [5.74, 6) is -0.350. The second-order valence-electron chi connectivity index (χ2n) is 7.48. The van der Waals surface area contributed by atoms with Gasteiger partial charge in [0.2, 0.25) is 0 Å². The Labute approximate surface area is 192 Å². The second-order valence-corrected chi connectivity index (χ2v) is 9.39. The zero-order valence-corrected chi connectivity index (χ0v) is 19.2. The number of rotatable bonds is 6. The van der Waals surface area contributed by atoms with Gasteiger partial charge in [-0.3, -0.25) is 14.1 Å². The van der Waals surface area contributed by atoms with Gasteiger partial charge in [-0.05, 0) is 74.5 Å². The summed E-state index contributed by atoms with van der Waals surface area (Å²) in [5.41, 5.74) is 1.16. The van der Waals surface area contributed by atoms with Crippen LogP contribution in [0, 0.1) is 11.7 Å². The number of piperidine rings is 1. The first-order valence-electron chi connectivity index (χ1n) is 10.0. The van der Waals surface area contributed by atoms with Crippen LogP contribution in [-0.2, 0) is 10.1 Å². The molecule has 0 bridgehead atoms. The van der Waals surface area contributed by atoms with Gasteiger partial charge in [-0.15, -0.1) is 0 Å². The molecular weight excluding hydrogens is 459 g/mol. The lowest BCUT2D eigenvalue weighted by molar-refractivity contribution is 0.0839. The quantitative estimate of drug-likeness (QED) is 0.481. The van der Waals surface area contributed by atoms with Gasteiger partial charge in [-0.25, -0.2) is 4.39 Å². The first-order chi connectivity index (χ1) is 15.0. The summed E-state index contributed by atoms with van der Waals surface area (Å²) in [6.07, 6.45) is 2.34. The Hall–Kier alpha value is -2.33. The Bertz CT molecular complexity index is 995. The Balaban J connectivity index is 0.000000654. The van der Waals surface area contributed by atoms with Crippen molar-refractivity contribution < 1.29 is 27.0 Å². The molecule has 2 aromatic carbocycles. The van der Waals surface area contributed by atoms with Crippen LogP contribution < -0.4 is 5.32 Å². The third-order valence-electron chi connectivity index (χ3n) is 4.91. The van der Waals surface area contributed by atoms with Gasteiger partial charge in [-0.2, -0.15) is 8.42 Å². The van der Waals surface area contributed by atoms with Gasteiger partial charge in [0, 0.05) is 35.2 Å². The maximum Gasteiger partial charge on any atom is 0.261 e. The van der Waals surface area contributed by atoms with E-state index in [2.05, 4.69) is 10.2 Å². The number of halogens is 2. The van der Waals surface area contributed by atoms with Crippen LogP contribution in [0.2, 0.25) is 5.02 Å². The van der Waals surface area contributed by atoms with E-state index in [9.17, 15) is 22.4 Å². The van der Waals surface area contributed by atoms with Crippen LogP contribution in [0.1, 0.15) is 33.6 Å². The fraction of sp³-hybridized carbons (Fsp3) is 0.364. The van der Waals surface area contributed by atoms with Crippen molar-refractivity contribution in [2.45, 2.75) is 12.8 Å². The molecule has 0 aromatic heterocycles. The Morgan fingerprint density at radius 2 is 1.56 bits per heavy atom.